The molecule has 0 saturated heterocycles. The molecule has 0 saturated carbocycles. The highest BCUT2D eigenvalue weighted by Crippen LogP contribution is 2.35. The lowest BCUT2D eigenvalue weighted by Gasteiger charge is -2.26. The monoisotopic (exact) mass is 349 g/mol. The quantitative estimate of drug-likeness (QED) is 0.370. The molecule has 0 bridgehead atoms. The summed E-state index contributed by atoms with van der Waals surface area (Å²) in [7, 11) is 4.08. The Morgan fingerprint density at radius 2 is 2.00 bits per heavy atom. The van der Waals surface area contributed by atoms with Gasteiger partial charge in [-0.3, -0.25) is 0 Å². The fourth-order valence-corrected chi connectivity index (χ4v) is 3.37. The molecule has 0 aromatic carbocycles. The third-order valence-corrected chi connectivity index (χ3v) is 4.98. The van der Waals surface area contributed by atoms with Gasteiger partial charge in [-0.1, -0.05) is 69.4 Å². The minimum atomic E-state index is -0.865. The summed E-state index contributed by atoms with van der Waals surface area (Å²) in [6, 6.07) is 0. The highest BCUT2D eigenvalue weighted by Gasteiger charge is 2.34. The summed E-state index contributed by atoms with van der Waals surface area (Å²) in [6.07, 6.45) is 22.3. The van der Waals surface area contributed by atoms with Gasteiger partial charge < -0.3 is 15.1 Å². The third-order valence-electron chi connectivity index (χ3n) is 4.98. The van der Waals surface area contributed by atoms with Crippen LogP contribution < -0.4 is 0 Å². The summed E-state index contributed by atoms with van der Waals surface area (Å²) < 4.78 is 0. The minimum Gasteiger partial charge on any atom is -0.389 e. The molecule has 1 aliphatic rings. The first-order valence-corrected chi connectivity index (χ1v) is 10.1. The van der Waals surface area contributed by atoms with Crippen molar-refractivity contribution in [2.24, 2.45) is 5.92 Å². The van der Waals surface area contributed by atoms with Crippen molar-refractivity contribution >= 4 is 0 Å². The van der Waals surface area contributed by atoms with Crippen LogP contribution in [0.15, 0.2) is 36.6 Å². The topological polar surface area (TPSA) is 43.7 Å². The Balaban J connectivity index is 2.30. The number of aliphatic hydroxyl groups excluding tert-OH is 1. The zero-order chi connectivity index (χ0) is 18.5. The second-order valence-electron chi connectivity index (χ2n) is 7.63. The van der Waals surface area contributed by atoms with E-state index < -0.39 is 11.7 Å². The summed E-state index contributed by atoms with van der Waals surface area (Å²) in [6.45, 7) is 2.16. The fraction of sp³-hybridized carbons (Fsp3) is 0.727. The summed E-state index contributed by atoms with van der Waals surface area (Å²) in [5, 5.41) is 20.9. The van der Waals surface area contributed by atoms with Crippen molar-refractivity contribution in [3.05, 3.63) is 36.6 Å². The predicted molar refractivity (Wildman–Crippen MR) is 107 cm³/mol. The molecule has 0 amide bonds. The van der Waals surface area contributed by atoms with Gasteiger partial charge in [0.15, 0.2) is 0 Å². The maximum atomic E-state index is 10.9. The van der Waals surface area contributed by atoms with Crippen molar-refractivity contribution in [3.8, 4) is 0 Å². The lowest BCUT2D eigenvalue weighted by Crippen LogP contribution is -2.30. The minimum absolute atomic E-state index is 0.254. The first-order valence-electron chi connectivity index (χ1n) is 10.1. The van der Waals surface area contributed by atoms with Crippen molar-refractivity contribution in [1.29, 1.82) is 0 Å². The van der Waals surface area contributed by atoms with Crippen LogP contribution in [0.25, 0.3) is 0 Å². The van der Waals surface area contributed by atoms with E-state index in [9.17, 15) is 10.2 Å². The zero-order valence-corrected chi connectivity index (χ0v) is 16.5. The van der Waals surface area contributed by atoms with Gasteiger partial charge in [0.2, 0.25) is 0 Å². The molecular weight excluding hydrogens is 310 g/mol. The van der Waals surface area contributed by atoms with E-state index in [1.54, 1.807) is 6.08 Å². The number of aliphatic hydroxyl groups is 2. The van der Waals surface area contributed by atoms with Gasteiger partial charge in [-0.05, 0) is 44.2 Å². The maximum absolute atomic E-state index is 10.9. The molecule has 0 aromatic rings. The lowest BCUT2D eigenvalue weighted by molar-refractivity contribution is 0.0790. The van der Waals surface area contributed by atoms with Crippen molar-refractivity contribution in [2.75, 3.05) is 14.1 Å². The molecule has 1 rings (SSSR count). The van der Waals surface area contributed by atoms with Gasteiger partial charge in [0.05, 0.1) is 6.10 Å². The van der Waals surface area contributed by atoms with E-state index in [1.807, 2.05) is 26.2 Å². The standard InChI is InChI=1S/C22H39NO2/c1-4-5-9-15-21(24)16-18-22(25)17-12-14-20(22)13-10-7-6-8-11-19-23(2)3/h11-12,16-21,24-25H,4-10,13-15H2,1-3H3. The second kappa shape index (κ2) is 12.3. The number of allylic oxidation sites excluding steroid dienone is 2. The molecule has 3 atom stereocenters. The lowest BCUT2D eigenvalue weighted by atomic mass is 9.85. The highest BCUT2D eigenvalue weighted by molar-refractivity contribution is 5.22. The molecule has 144 valence electrons. The summed E-state index contributed by atoms with van der Waals surface area (Å²) in [5.74, 6) is 0.254. The van der Waals surface area contributed by atoms with E-state index in [0.717, 1.165) is 51.4 Å². The number of hydrogen-bond acceptors (Lipinski definition) is 3. The molecule has 0 radical (unpaired) electrons. The van der Waals surface area contributed by atoms with Crippen LogP contribution in [-0.4, -0.2) is 40.9 Å². The van der Waals surface area contributed by atoms with Crippen molar-refractivity contribution in [3.63, 3.8) is 0 Å². The average Bonchev–Trinajstić information content (AvgIpc) is 2.93. The van der Waals surface area contributed by atoms with Gasteiger partial charge in [-0.15, -0.1) is 0 Å². The Morgan fingerprint density at radius 1 is 1.20 bits per heavy atom. The number of hydrogen-bond donors (Lipinski definition) is 2. The normalized spacial score (nSPS) is 24.6. The molecule has 3 nitrogen and oxygen atoms in total. The van der Waals surface area contributed by atoms with Crippen molar-refractivity contribution < 1.29 is 10.2 Å². The summed E-state index contributed by atoms with van der Waals surface area (Å²) in [4.78, 5) is 2.06. The van der Waals surface area contributed by atoms with Crippen LogP contribution in [0, 0.1) is 5.92 Å². The van der Waals surface area contributed by atoms with E-state index in [1.165, 1.54) is 12.8 Å². The molecule has 3 unspecified atom stereocenters. The van der Waals surface area contributed by atoms with E-state index in [2.05, 4.69) is 30.2 Å². The van der Waals surface area contributed by atoms with Gasteiger partial charge >= 0.3 is 0 Å². The van der Waals surface area contributed by atoms with Crippen LogP contribution in [0.3, 0.4) is 0 Å². The Labute approximate surface area is 155 Å². The van der Waals surface area contributed by atoms with Crippen molar-refractivity contribution in [1.82, 2.24) is 4.90 Å². The van der Waals surface area contributed by atoms with Gasteiger partial charge in [-0.25, -0.2) is 0 Å². The molecular formula is C22H39NO2. The summed E-state index contributed by atoms with van der Waals surface area (Å²) >= 11 is 0. The van der Waals surface area contributed by atoms with Crippen LogP contribution in [0.5, 0.6) is 0 Å². The third kappa shape index (κ3) is 9.27. The second-order valence-corrected chi connectivity index (χ2v) is 7.63. The van der Waals surface area contributed by atoms with Crippen molar-refractivity contribution in [2.45, 2.75) is 82.8 Å². The number of rotatable bonds is 13. The first kappa shape index (κ1) is 22.0. The smallest absolute Gasteiger partial charge is 0.104 e. The molecule has 1 aliphatic carbocycles. The molecule has 0 fully saturated rings. The molecule has 3 heteroatoms. The van der Waals surface area contributed by atoms with Gasteiger partial charge in [0.1, 0.15) is 5.60 Å². The maximum Gasteiger partial charge on any atom is 0.104 e. The van der Waals surface area contributed by atoms with Gasteiger partial charge in [-0.2, -0.15) is 0 Å². The van der Waals surface area contributed by atoms with Crippen LogP contribution in [0.4, 0.5) is 0 Å². The van der Waals surface area contributed by atoms with E-state index in [-0.39, 0.29) is 5.92 Å². The van der Waals surface area contributed by atoms with Crippen LogP contribution in [0.2, 0.25) is 0 Å². The molecule has 2 N–H and O–H groups in total. The molecule has 0 spiro atoms. The average molecular weight is 350 g/mol. The SMILES string of the molecule is CCCCCC(O)C=CC1(O)C=CCC1CCCCCC=CN(C)C. The van der Waals surface area contributed by atoms with Crippen LogP contribution in [0.1, 0.15) is 71.1 Å². The summed E-state index contributed by atoms with van der Waals surface area (Å²) in [5.41, 5.74) is -0.865. The van der Waals surface area contributed by atoms with Gasteiger partial charge in [0, 0.05) is 14.1 Å². The van der Waals surface area contributed by atoms with E-state index >= 15 is 0 Å². The molecule has 0 aromatic heterocycles. The highest BCUT2D eigenvalue weighted by atomic mass is 16.3. The Hall–Kier alpha value is -1.06. The largest absolute Gasteiger partial charge is 0.389 e. The molecule has 25 heavy (non-hydrogen) atoms. The first-order chi connectivity index (χ1) is 12.0. The predicted octanol–water partition coefficient (Wildman–Crippen LogP) is 4.82. The molecule has 0 heterocycles. The molecule has 0 aliphatic heterocycles. The number of nitrogens with zero attached hydrogens (tertiary/aromatic N) is 1. The number of unbranched alkanes of at least 4 members (excludes halogenated alkanes) is 5. The van der Waals surface area contributed by atoms with Crippen LogP contribution in [-0.2, 0) is 0 Å². The van der Waals surface area contributed by atoms with Crippen LogP contribution >= 0.6 is 0 Å². The fourth-order valence-electron chi connectivity index (χ4n) is 3.37. The Kier molecular flexibility index (Phi) is 10.8. The Bertz CT molecular complexity index is 428. The van der Waals surface area contributed by atoms with Gasteiger partial charge in [0.25, 0.3) is 0 Å². The Morgan fingerprint density at radius 3 is 2.72 bits per heavy atom. The van der Waals surface area contributed by atoms with E-state index in [0.29, 0.717) is 0 Å². The zero-order valence-electron chi connectivity index (χ0n) is 16.5. The van der Waals surface area contributed by atoms with E-state index in [4.69, 9.17) is 0 Å².